The van der Waals surface area contributed by atoms with E-state index in [-0.39, 0.29) is 12.6 Å². The summed E-state index contributed by atoms with van der Waals surface area (Å²) < 4.78 is 11.1. The van der Waals surface area contributed by atoms with Crippen LogP contribution in [0.4, 0.5) is 0 Å². The molecule has 0 radical (unpaired) electrons. The first-order chi connectivity index (χ1) is 23.2. The summed E-state index contributed by atoms with van der Waals surface area (Å²) in [6, 6.07) is 0. The molecule has 0 aliphatic rings. The van der Waals surface area contributed by atoms with Crippen LogP contribution in [-0.2, 0) is 14.3 Å². The smallest absolute Gasteiger partial charge is 0.306 e. The molecule has 0 bridgehead atoms. The molecule has 0 saturated heterocycles. The molecular weight excluding hydrogens is 580 g/mol. The Bertz CT molecular complexity index is 698. The van der Waals surface area contributed by atoms with Crippen LogP contribution in [0.15, 0.2) is 36.5 Å². The van der Waals surface area contributed by atoms with Gasteiger partial charge in [0, 0.05) is 13.0 Å². The minimum atomic E-state index is -0.536. The summed E-state index contributed by atoms with van der Waals surface area (Å²) in [5.74, 6) is -0.211. The lowest BCUT2D eigenvalue weighted by molar-refractivity contribution is -0.154. The minimum Gasteiger partial charge on any atom is -0.457 e. The van der Waals surface area contributed by atoms with Gasteiger partial charge in [-0.25, -0.2) is 0 Å². The fraction of sp³-hybridized carbons (Fsp3) is 0.837. The number of carbonyl (C=O) groups excluding carboxylic acids is 1. The maximum Gasteiger partial charge on any atom is 0.306 e. The van der Waals surface area contributed by atoms with Crippen LogP contribution in [0.2, 0.25) is 0 Å². The molecule has 47 heavy (non-hydrogen) atoms. The number of esters is 1. The van der Waals surface area contributed by atoms with Gasteiger partial charge >= 0.3 is 5.97 Å². The summed E-state index contributed by atoms with van der Waals surface area (Å²) in [5.41, 5.74) is 0. The van der Waals surface area contributed by atoms with E-state index in [9.17, 15) is 9.90 Å². The molecule has 276 valence electrons. The fourth-order valence-corrected chi connectivity index (χ4v) is 5.81. The molecule has 1 unspecified atom stereocenters. The molecule has 4 heteroatoms. The zero-order valence-corrected chi connectivity index (χ0v) is 31.5. The van der Waals surface area contributed by atoms with Gasteiger partial charge in [-0.15, -0.1) is 0 Å². The Morgan fingerprint density at radius 2 is 0.915 bits per heavy atom. The van der Waals surface area contributed by atoms with E-state index in [2.05, 4.69) is 50.3 Å². The highest BCUT2D eigenvalue weighted by Gasteiger charge is 2.13. The van der Waals surface area contributed by atoms with E-state index >= 15 is 0 Å². The summed E-state index contributed by atoms with van der Waals surface area (Å²) in [4.78, 5) is 12.1. The maximum absolute atomic E-state index is 12.1. The molecule has 0 aliphatic carbocycles. The first-order valence-electron chi connectivity index (χ1n) is 20.6. The summed E-state index contributed by atoms with van der Waals surface area (Å²) in [6.45, 7) is 5.30. The summed E-state index contributed by atoms with van der Waals surface area (Å²) in [5, 5.41) is 9.56. The summed E-state index contributed by atoms with van der Waals surface area (Å²) >= 11 is 0. The first-order valence-corrected chi connectivity index (χ1v) is 20.6. The van der Waals surface area contributed by atoms with Crippen LogP contribution in [0, 0.1) is 0 Å². The van der Waals surface area contributed by atoms with E-state index < -0.39 is 6.10 Å². The van der Waals surface area contributed by atoms with Crippen molar-refractivity contribution < 1.29 is 19.4 Å². The molecule has 0 rings (SSSR count). The predicted molar refractivity (Wildman–Crippen MR) is 205 cm³/mol. The van der Waals surface area contributed by atoms with Crippen molar-refractivity contribution in [1.29, 1.82) is 0 Å². The zero-order valence-electron chi connectivity index (χ0n) is 31.5. The molecule has 0 aromatic rings. The van der Waals surface area contributed by atoms with Crippen LogP contribution in [0.25, 0.3) is 0 Å². The van der Waals surface area contributed by atoms with Gasteiger partial charge in [-0.05, 0) is 64.2 Å². The lowest BCUT2D eigenvalue weighted by atomic mass is 10.0. The van der Waals surface area contributed by atoms with E-state index in [1.165, 1.54) is 161 Å². The molecular formula is C43H80O4. The molecule has 1 atom stereocenters. The van der Waals surface area contributed by atoms with E-state index in [4.69, 9.17) is 9.47 Å². The number of aliphatic hydroxyl groups is 1. The molecule has 0 fully saturated rings. The van der Waals surface area contributed by atoms with Crippen molar-refractivity contribution in [1.82, 2.24) is 0 Å². The minimum absolute atomic E-state index is 0.174. The number of allylic oxidation sites excluding steroid dienone is 6. The number of hydrogen-bond donors (Lipinski definition) is 1. The molecule has 0 spiro atoms. The number of carbonyl (C=O) groups is 1. The third kappa shape index (κ3) is 38.9. The highest BCUT2D eigenvalue weighted by atomic mass is 16.6. The molecule has 0 saturated carbocycles. The van der Waals surface area contributed by atoms with E-state index in [0.29, 0.717) is 19.6 Å². The second kappa shape index (κ2) is 40.8. The number of rotatable bonds is 38. The number of aliphatic hydroxyl groups excluding tert-OH is 1. The van der Waals surface area contributed by atoms with Crippen molar-refractivity contribution >= 4 is 5.97 Å². The van der Waals surface area contributed by atoms with Gasteiger partial charge < -0.3 is 14.6 Å². The molecule has 1 N–H and O–H groups in total. The Labute approximate surface area is 293 Å². The second-order valence-electron chi connectivity index (χ2n) is 13.7. The van der Waals surface area contributed by atoms with Crippen molar-refractivity contribution in [3.8, 4) is 0 Å². The van der Waals surface area contributed by atoms with E-state index in [1.54, 1.807) is 0 Å². The van der Waals surface area contributed by atoms with Crippen LogP contribution >= 0.6 is 0 Å². The van der Waals surface area contributed by atoms with Crippen LogP contribution in [0.3, 0.4) is 0 Å². The van der Waals surface area contributed by atoms with Crippen LogP contribution < -0.4 is 0 Å². The van der Waals surface area contributed by atoms with Gasteiger partial charge in [0.25, 0.3) is 0 Å². The predicted octanol–water partition coefficient (Wildman–Crippen LogP) is 13.3. The van der Waals surface area contributed by atoms with Crippen molar-refractivity contribution in [2.24, 2.45) is 0 Å². The first kappa shape index (κ1) is 45.6. The average Bonchev–Trinajstić information content (AvgIpc) is 3.08. The van der Waals surface area contributed by atoms with Crippen LogP contribution in [0.1, 0.15) is 206 Å². The molecule has 0 amide bonds. The van der Waals surface area contributed by atoms with Crippen molar-refractivity contribution in [2.45, 2.75) is 213 Å². The summed E-state index contributed by atoms with van der Waals surface area (Å²) in [7, 11) is 0. The Hall–Kier alpha value is -1.39. The molecule has 0 aliphatic heterocycles. The average molecular weight is 661 g/mol. The van der Waals surface area contributed by atoms with Gasteiger partial charge in [-0.3, -0.25) is 4.79 Å². The second-order valence-corrected chi connectivity index (χ2v) is 13.7. The fourth-order valence-electron chi connectivity index (χ4n) is 5.81. The quantitative estimate of drug-likeness (QED) is 0.0407. The third-order valence-corrected chi connectivity index (χ3v) is 8.94. The topological polar surface area (TPSA) is 55.8 Å². The number of ether oxygens (including phenoxy) is 2. The zero-order chi connectivity index (χ0) is 34.1. The van der Waals surface area contributed by atoms with Crippen LogP contribution in [0.5, 0.6) is 0 Å². The maximum atomic E-state index is 12.1. The van der Waals surface area contributed by atoms with Gasteiger partial charge in [0.05, 0.1) is 13.2 Å². The Morgan fingerprint density at radius 1 is 0.511 bits per heavy atom. The van der Waals surface area contributed by atoms with Gasteiger partial charge in [0.2, 0.25) is 0 Å². The highest BCUT2D eigenvalue weighted by molar-refractivity contribution is 5.69. The lowest BCUT2D eigenvalue weighted by Gasteiger charge is -2.15. The van der Waals surface area contributed by atoms with E-state index in [1.807, 2.05) is 0 Å². The van der Waals surface area contributed by atoms with Gasteiger partial charge in [-0.1, -0.05) is 172 Å². The van der Waals surface area contributed by atoms with Gasteiger partial charge in [-0.2, -0.15) is 0 Å². The van der Waals surface area contributed by atoms with Crippen molar-refractivity contribution in [2.75, 3.05) is 19.8 Å². The standard InChI is InChI=1S/C43H80O4/c1-3-5-7-9-11-13-15-16-17-18-19-20-21-22-23-24-25-26-27-29-31-33-35-37-39-46-41-42(40-44)47-43(45)38-36-34-32-30-28-14-12-10-8-6-4-2/h10,12,15-16,18-19,42,44H,3-9,11,13-14,17,20-41H2,1-2H3/b12-10-,16-15-,19-18-. The molecule has 0 aromatic heterocycles. The third-order valence-electron chi connectivity index (χ3n) is 8.94. The van der Waals surface area contributed by atoms with Crippen molar-refractivity contribution in [3.63, 3.8) is 0 Å². The number of hydrogen-bond acceptors (Lipinski definition) is 4. The highest BCUT2D eigenvalue weighted by Crippen LogP contribution is 2.14. The normalized spacial score (nSPS) is 12.7. The molecule has 4 nitrogen and oxygen atoms in total. The van der Waals surface area contributed by atoms with Crippen LogP contribution in [-0.4, -0.2) is 37.0 Å². The monoisotopic (exact) mass is 661 g/mol. The van der Waals surface area contributed by atoms with E-state index in [0.717, 1.165) is 25.7 Å². The molecule has 0 aromatic carbocycles. The lowest BCUT2D eigenvalue weighted by Crippen LogP contribution is -2.27. The largest absolute Gasteiger partial charge is 0.457 e. The van der Waals surface area contributed by atoms with Crippen molar-refractivity contribution in [3.05, 3.63) is 36.5 Å². The summed E-state index contributed by atoms with van der Waals surface area (Å²) in [6.07, 6.45) is 50.6. The Balaban J connectivity index is 3.39. The van der Waals surface area contributed by atoms with Gasteiger partial charge in [0.15, 0.2) is 0 Å². The Morgan fingerprint density at radius 3 is 1.40 bits per heavy atom. The number of unbranched alkanes of at least 4 members (excludes halogenated alkanes) is 24. The molecule has 0 heterocycles. The SMILES string of the molecule is CCCC/C=C\CCCCCCCC(=O)OC(CO)COCCCCCCCCCCCCCC/C=C\C/C=C\CCCCCCC. The Kier molecular flexibility index (Phi) is 39.6. The van der Waals surface area contributed by atoms with Gasteiger partial charge in [0.1, 0.15) is 6.10 Å².